The van der Waals surface area contributed by atoms with E-state index in [9.17, 15) is 4.79 Å². The number of hydrogen-bond acceptors (Lipinski definition) is 5. The first-order chi connectivity index (χ1) is 11.6. The van der Waals surface area contributed by atoms with Gasteiger partial charge in [-0.3, -0.25) is 4.79 Å². The molecule has 0 aliphatic rings. The highest BCUT2D eigenvalue weighted by atomic mass is 16.5. The minimum absolute atomic E-state index is 0.131. The third kappa shape index (κ3) is 5.01. The van der Waals surface area contributed by atoms with E-state index in [0.717, 1.165) is 28.5 Å². The molecule has 2 aromatic rings. The third-order valence-electron chi connectivity index (χ3n) is 3.40. The van der Waals surface area contributed by atoms with Crippen LogP contribution in [0.15, 0.2) is 53.6 Å². The summed E-state index contributed by atoms with van der Waals surface area (Å²) in [6, 6.07) is 14.8. The van der Waals surface area contributed by atoms with Crippen molar-refractivity contribution in [2.75, 3.05) is 26.1 Å². The fourth-order valence-corrected chi connectivity index (χ4v) is 1.97. The van der Waals surface area contributed by atoms with Crippen molar-refractivity contribution in [3.8, 4) is 11.5 Å². The molecule has 2 rings (SSSR count). The van der Waals surface area contributed by atoms with Crippen LogP contribution in [0.1, 0.15) is 12.5 Å². The van der Waals surface area contributed by atoms with Gasteiger partial charge in [-0.2, -0.15) is 5.10 Å². The highest BCUT2D eigenvalue weighted by molar-refractivity contribution is 5.99. The molecule has 2 N–H and O–H groups in total. The Morgan fingerprint density at radius 3 is 2.04 bits per heavy atom. The first kappa shape index (κ1) is 17.3. The number of amides is 1. The summed E-state index contributed by atoms with van der Waals surface area (Å²) >= 11 is 0. The topological polar surface area (TPSA) is 72.0 Å². The molecule has 6 heteroatoms. The fourth-order valence-electron chi connectivity index (χ4n) is 1.97. The fraction of sp³-hybridized carbons (Fsp3) is 0.222. The maximum atomic E-state index is 11.9. The van der Waals surface area contributed by atoms with Gasteiger partial charge in [-0.15, -0.1) is 0 Å². The summed E-state index contributed by atoms with van der Waals surface area (Å²) in [6.07, 6.45) is 0. The third-order valence-corrected chi connectivity index (χ3v) is 3.40. The molecule has 1 amide bonds. The molecule has 0 aliphatic carbocycles. The van der Waals surface area contributed by atoms with E-state index in [1.165, 1.54) is 0 Å². The summed E-state index contributed by atoms with van der Waals surface area (Å²) < 4.78 is 10.2. The van der Waals surface area contributed by atoms with E-state index in [1.54, 1.807) is 14.2 Å². The number of rotatable bonds is 7. The Bertz CT molecular complexity index is 694. The van der Waals surface area contributed by atoms with Crippen molar-refractivity contribution < 1.29 is 14.3 Å². The second kappa shape index (κ2) is 8.57. The molecule has 0 atom stereocenters. The van der Waals surface area contributed by atoms with Gasteiger partial charge in [-0.1, -0.05) is 0 Å². The van der Waals surface area contributed by atoms with Crippen LogP contribution in [-0.4, -0.2) is 32.4 Å². The monoisotopic (exact) mass is 327 g/mol. The zero-order chi connectivity index (χ0) is 17.4. The first-order valence-electron chi connectivity index (χ1n) is 7.48. The quantitative estimate of drug-likeness (QED) is 0.606. The molecule has 24 heavy (non-hydrogen) atoms. The predicted octanol–water partition coefficient (Wildman–Crippen LogP) is 2.66. The van der Waals surface area contributed by atoms with Gasteiger partial charge >= 0.3 is 0 Å². The number of nitrogens with zero attached hydrogens (tertiary/aromatic N) is 1. The lowest BCUT2D eigenvalue weighted by Crippen LogP contribution is -2.26. The molecular weight excluding hydrogens is 306 g/mol. The summed E-state index contributed by atoms with van der Waals surface area (Å²) in [5.41, 5.74) is 5.00. The molecule has 0 radical (unpaired) electrons. The molecule has 0 spiro atoms. The Hall–Kier alpha value is -3.02. The van der Waals surface area contributed by atoms with E-state index in [0.29, 0.717) is 0 Å². The SMILES string of the molecule is COc1ccc(NCC(=O)N/N=C(/C)c2ccc(OC)cc2)cc1. The van der Waals surface area contributed by atoms with E-state index in [-0.39, 0.29) is 12.5 Å². The Balaban J connectivity index is 1.84. The Morgan fingerprint density at radius 2 is 1.50 bits per heavy atom. The summed E-state index contributed by atoms with van der Waals surface area (Å²) in [5, 5.41) is 7.13. The lowest BCUT2D eigenvalue weighted by Gasteiger charge is -2.07. The van der Waals surface area contributed by atoms with Crippen LogP contribution in [0.2, 0.25) is 0 Å². The molecule has 6 nitrogen and oxygen atoms in total. The molecule has 126 valence electrons. The number of carbonyl (C=O) groups is 1. The standard InChI is InChI=1S/C18H21N3O3/c1-13(14-4-8-16(23-2)9-5-14)20-21-18(22)12-19-15-6-10-17(24-3)11-7-15/h4-11,19H,12H2,1-3H3,(H,21,22)/b20-13-. The van der Waals surface area contributed by atoms with Gasteiger partial charge in [0, 0.05) is 5.69 Å². The number of hydrazone groups is 1. The van der Waals surface area contributed by atoms with Gasteiger partial charge in [-0.25, -0.2) is 5.43 Å². The number of hydrogen-bond donors (Lipinski definition) is 2. The zero-order valence-corrected chi connectivity index (χ0v) is 14.0. The number of nitrogens with one attached hydrogen (secondary N) is 2. The average Bonchev–Trinajstić information content (AvgIpc) is 2.64. The normalized spacial score (nSPS) is 10.9. The van der Waals surface area contributed by atoms with Crippen LogP contribution in [0.25, 0.3) is 0 Å². The molecule has 0 heterocycles. The average molecular weight is 327 g/mol. The number of anilines is 1. The van der Waals surface area contributed by atoms with Crippen molar-refractivity contribution in [2.45, 2.75) is 6.92 Å². The largest absolute Gasteiger partial charge is 0.497 e. The number of benzene rings is 2. The second-order valence-corrected chi connectivity index (χ2v) is 5.04. The van der Waals surface area contributed by atoms with Crippen molar-refractivity contribution in [2.24, 2.45) is 5.10 Å². The van der Waals surface area contributed by atoms with Crippen LogP contribution >= 0.6 is 0 Å². The van der Waals surface area contributed by atoms with E-state index in [1.807, 2.05) is 55.5 Å². The van der Waals surface area contributed by atoms with E-state index < -0.39 is 0 Å². The first-order valence-corrected chi connectivity index (χ1v) is 7.48. The minimum Gasteiger partial charge on any atom is -0.497 e. The minimum atomic E-state index is -0.223. The smallest absolute Gasteiger partial charge is 0.259 e. The number of methoxy groups -OCH3 is 2. The zero-order valence-electron chi connectivity index (χ0n) is 14.0. The van der Waals surface area contributed by atoms with Crippen molar-refractivity contribution in [3.05, 3.63) is 54.1 Å². The maximum absolute atomic E-state index is 11.9. The van der Waals surface area contributed by atoms with Gasteiger partial charge in [-0.05, 0) is 61.0 Å². The van der Waals surface area contributed by atoms with Gasteiger partial charge < -0.3 is 14.8 Å². The van der Waals surface area contributed by atoms with E-state index in [2.05, 4.69) is 15.8 Å². The van der Waals surface area contributed by atoms with Crippen molar-refractivity contribution in [1.82, 2.24) is 5.43 Å². The van der Waals surface area contributed by atoms with Gasteiger partial charge in [0.2, 0.25) is 0 Å². The number of ether oxygens (including phenoxy) is 2. The Labute approximate surface area is 141 Å². The van der Waals surface area contributed by atoms with E-state index >= 15 is 0 Å². The van der Waals surface area contributed by atoms with Crippen LogP contribution in [-0.2, 0) is 4.79 Å². The van der Waals surface area contributed by atoms with Gasteiger partial charge in [0.1, 0.15) is 11.5 Å². The van der Waals surface area contributed by atoms with Crippen molar-refractivity contribution in [1.29, 1.82) is 0 Å². The molecule has 0 aliphatic heterocycles. The second-order valence-electron chi connectivity index (χ2n) is 5.04. The molecule has 0 unspecified atom stereocenters. The van der Waals surface area contributed by atoms with Crippen LogP contribution < -0.4 is 20.2 Å². The maximum Gasteiger partial charge on any atom is 0.259 e. The highest BCUT2D eigenvalue weighted by Crippen LogP contribution is 2.14. The van der Waals surface area contributed by atoms with Crippen LogP contribution in [0.3, 0.4) is 0 Å². The summed E-state index contributed by atoms with van der Waals surface area (Å²) in [7, 11) is 3.23. The lowest BCUT2D eigenvalue weighted by atomic mass is 10.1. The van der Waals surface area contributed by atoms with Crippen molar-refractivity contribution >= 4 is 17.3 Å². The summed E-state index contributed by atoms with van der Waals surface area (Å²) in [6.45, 7) is 1.96. The van der Waals surface area contributed by atoms with E-state index in [4.69, 9.17) is 9.47 Å². The van der Waals surface area contributed by atoms with Crippen LogP contribution in [0.5, 0.6) is 11.5 Å². The van der Waals surface area contributed by atoms with Crippen LogP contribution in [0.4, 0.5) is 5.69 Å². The molecule has 0 aromatic heterocycles. The summed E-state index contributed by atoms with van der Waals surface area (Å²) in [5.74, 6) is 1.32. The van der Waals surface area contributed by atoms with Gasteiger partial charge in [0.15, 0.2) is 0 Å². The highest BCUT2D eigenvalue weighted by Gasteiger charge is 2.02. The van der Waals surface area contributed by atoms with Gasteiger partial charge in [0.25, 0.3) is 5.91 Å². The van der Waals surface area contributed by atoms with Crippen molar-refractivity contribution in [3.63, 3.8) is 0 Å². The Morgan fingerprint density at radius 1 is 0.958 bits per heavy atom. The molecule has 0 fully saturated rings. The molecule has 0 bridgehead atoms. The molecular formula is C18H21N3O3. The summed E-state index contributed by atoms with van der Waals surface area (Å²) in [4.78, 5) is 11.9. The molecule has 2 aromatic carbocycles. The Kier molecular flexibility index (Phi) is 6.19. The lowest BCUT2D eigenvalue weighted by molar-refractivity contribution is -0.119. The predicted molar refractivity (Wildman–Crippen MR) is 94.8 cm³/mol. The van der Waals surface area contributed by atoms with Gasteiger partial charge in [0.05, 0.1) is 26.5 Å². The molecule has 0 saturated heterocycles. The molecule has 0 saturated carbocycles. The van der Waals surface area contributed by atoms with Crippen LogP contribution in [0, 0.1) is 0 Å². The number of carbonyl (C=O) groups excluding carboxylic acids is 1.